The second-order valence-corrected chi connectivity index (χ2v) is 6.87. The summed E-state index contributed by atoms with van der Waals surface area (Å²) in [6.07, 6.45) is 0. The predicted molar refractivity (Wildman–Crippen MR) is 108 cm³/mol. The summed E-state index contributed by atoms with van der Waals surface area (Å²) in [6.45, 7) is 0. The standard InChI is InChI=1S/C16H18S5/c17-7-11-3-1-5-15(13(11)9-19)21-16-6-2-4-12(8-18)14(16)10-20/h1-6,17-20H,7-10H2. The van der Waals surface area contributed by atoms with Crippen molar-refractivity contribution in [3.8, 4) is 0 Å². The molecule has 0 amide bonds. The molecule has 0 aromatic heterocycles. The molecule has 0 N–H and O–H groups in total. The molecule has 0 spiro atoms. The molecule has 0 saturated heterocycles. The van der Waals surface area contributed by atoms with Gasteiger partial charge in [0.15, 0.2) is 0 Å². The summed E-state index contributed by atoms with van der Waals surface area (Å²) in [5.41, 5.74) is 5.02. The van der Waals surface area contributed by atoms with Crippen LogP contribution in [-0.4, -0.2) is 0 Å². The summed E-state index contributed by atoms with van der Waals surface area (Å²) >= 11 is 19.6. The molecule has 0 unspecified atom stereocenters. The maximum absolute atomic E-state index is 4.48. The molecule has 112 valence electrons. The second-order valence-electron chi connectivity index (χ2n) is 4.52. The number of hydrogen-bond acceptors (Lipinski definition) is 5. The van der Waals surface area contributed by atoms with Gasteiger partial charge in [-0.15, -0.1) is 0 Å². The van der Waals surface area contributed by atoms with Gasteiger partial charge in [-0.25, -0.2) is 0 Å². The molecular formula is C16H18S5. The van der Waals surface area contributed by atoms with Crippen LogP contribution in [0.2, 0.25) is 0 Å². The quantitative estimate of drug-likeness (QED) is 0.483. The highest BCUT2D eigenvalue weighted by Crippen LogP contribution is 2.37. The highest BCUT2D eigenvalue weighted by molar-refractivity contribution is 7.99. The molecule has 0 bridgehead atoms. The van der Waals surface area contributed by atoms with Crippen molar-refractivity contribution in [1.82, 2.24) is 0 Å². The third kappa shape index (κ3) is 4.14. The van der Waals surface area contributed by atoms with Crippen LogP contribution >= 0.6 is 62.3 Å². The van der Waals surface area contributed by atoms with Gasteiger partial charge in [-0.2, -0.15) is 50.5 Å². The Labute approximate surface area is 153 Å². The van der Waals surface area contributed by atoms with Crippen LogP contribution in [-0.2, 0) is 23.0 Å². The monoisotopic (exact) mass is 370 g/mol. The largest absolute Gasteiger partial charge is 0.175 e. The van der Waals surface area contributed by atoms with Gasteiger partial charge in [0.25, 0.3) is 0 Å². The first kappa shape index (κ1) is 17.5. The Balaban J connectivity index is 2.43. The van der Waals surface area contributed by atoms with E-state index in [4.69, 9.17) is 0 Å². The van der Waals surface area contributed by atoms with E-state index >= 15 is 0 Å². The average molecular weight is 371 g/mol. The first-order valence-corrected chi connectivity index (χ1v) is 9.92. The molecule has 0 radical (unpaired) electrons. The SMILES string of the molecule is SCc1cccc(Sc2cccc(CS)c2CS)c1CS. The van der Waals surface area contributed by atoms with Gasteiger partial charge in [0.05, 0.1) is 0 Å². The first-order chi connectivity index (χ1) is 10.2. The van der Waals surface area contributed by atoms with Crippen LogP contribution < -0.4 is 0 Å². The van der Waals surface area contributed by atoms with Gasteiger partial charge in [0.2, 0.25) is 0 Å². The van der Waals surface area contributed by atoms with E-state index in [1.54, 1.807) is 11.8 Å². The topological polar surface area (TPSA) is 0 Å². The number of rotatable bonds is 6. The number of thiol groups is 4. The Kier molecular flexibility index (Phi) is 7.29. The predicted octanol–water partition coefficient (Wildman–Crippen LogP) is 5.56. The molecule has 5 heteroatoms. The molecule has 0 aliphatic heterocycles. The zero-order chi connectivity index (χ0) is 15.2. The first-order valence-electron chi connectivity index (χ1n) is 6.58. The molecule has 0 atom stereocenters. The Bertz CT molecular complexity index is 556. The van der Waals surface area contributed by atoms with E-state index in [0.29, 0.717) is 0 Å². The van der Waals surface area contributed by atoms with Gasteiger partial charge >= 0.3 is 0 Å². The fourth-order valence-corrected chi connectivity index (χ4v) is 4.92. The van der Waals surface area contributed by atoms with Gasteiger partial charge in [-0.1, -0.05) is 36.0 Å². The highest BCUT2D eigenvalue weighted by atomic mass is 32.2. The molecule has 2 aromatic rings. The van der Waals surface area contributed by atoms with Crippen LogP contribution in [0.3, 0.4) is 0 Å². The lowest BCUT2D eigenvalue weighted by Gasteiger charge is -2.15. The van der Waals surface area contributed by atoms with Crippen LogP contribution in [0, 0.1) is 0 Å². The molecule has 0 fully saturated rings. The summed E-state index contributed by atoms with van der Waals surface area (Å²) < 4.78 is 0. The third-order valence-corrected chi connectivity index (χ3v) is 5.86. The molecule has 2 aromatic carbocycles. The normalized spacial score (nSPS) is 10.9. The van der Waals surface area contributed by atoms with Crippen molar-refractivity contribution < 1.29 is 0 Å². The molecule has 0 heterocycles. The van der Waals surface area contributed by atoms with Crippen molar-refractivity contribution in [2.75, 3.05) is 0 Å². The number of hydrogen-bond donors (Lipinski definition) is 4. The van der Waals surface area contributed by atoms with Gasteiger partial charge in [-0.05, 0) is 34.4 Å². The molecule has 0 nitrogen and oxygen atoms in total. The average Bonchev–Trinajstić information content (AvgIpc) is 2.54. The van der Waals surface area contributed by atoms with Crippen molar-refractivity contribution in [3.05, 3.63) is 58.7 Å². The molecule has 0 aliphatic rings. The van der Waals surface area contributed by atoms with Gasteiger partial charge < -0.3 is 0 Å². The van der Waals surface area contributed by atoms with Crippen molar-refractivity contribution in [2.45, 2.75) is 32.8 Å². The van der Waals surface area contributed by atoms with E-state index in [1.807, 2.05) is 0 Å². The molecule has 0 aliphatic carbocycles. The van der Waals surface area contributed by atoms with E-state index in [1.165, 1.54) is 32.0 Å². The lowest BCUT2D eigenvalue weighted by atomic mass is 10.1. The number of benzene rings is 2. The summed E-state index contributed by atoms with van der Waals surface area (Å²) in [5.74, 6) is 2.92. The Morgan fingerprint density at radius 2 is 1.05 bits per heavy atom. The summed E-state index contributed by atoms with van der Waals surface area (Å²) in [7, 11) is 0. The van der Waals surface area contributed by atoms with E-state index in [0.717, 1.165) is 23.0 Å². The minimum absolute atomic E-state index is 0.724. The van der Waals surface area contributed by atoms with Crippen LogP contribution in [0.5, 0.6) is 0 Å². The zero-order valence-electron chi connectivity index (χ0n) is 11.5. The Hall–Kier alpha value is 0.190. The van der Waals surface area contributed by atoms with Crippen molar-refractivity contribution >= 4 is 62.3 Å². The molecule has 0 saturated carbocycles. The maximum atomic E-state index is 4.48. The fourth-order valence-electron chi connectivity index (χ4n) is 2.19. The lowest BCUT2D eigenvalue weighted by Crippen LogP contribution is -1.95. The van der Waals surface area contributed by atoms with Gasteiger partial charge in [0, 0.05) is 32.8 Å². The molecular weight excluding hydrogens is 353 g/mol. The van der Waals surface area contributed by atoms with E-state index in [-0.39, 0.29) is 0 Å². The van der Waals surface area contributed by atoms with Crippen LogP contribution in [0.1, 0.15) is 22.3 Å². The summed E-state index contributed by atoms with van der Waals surface area (Å²) in [5, 5.41) is 0. The summed E-state index contributed by atoms with van der Waals surface area (Å²) in [6, 6.07) is 12.7. The van der Waals surface area contributed by atoms with Crippen molar-refractivity contribution in [2.24, 2.45) is 0 Å². The lowest BCUT2D eigenvalue weighted by molar-refractivity contribution is 1.17. The second kappa shape index (κ2) is 8.73. The minimum atomic E-state index is 0.724. The minimum Gasteiger partial charge on any atom is -0.175 e. The van der Waals surface area contributed by atoms with Crippen LogP contribution in [0.4, 0.5) is 0 Å². The third-order valence-electron chi connectivity index (χ3n) is 3.34. The van der Waals surface area contributed by atoms with Crippen LogP contribution in [0.15, 0.2) is 46.2 Å². The highest BCUT2D eigenvalue weighted by Gasteiger charge is 2.11. The van der Waals surface area contributed by atoms with E-state index in [2.05, 4.69) is 86.9 Å². The van der Waals surface area contributed by atoms with Gasteiger partial charge in [0.1, 0.15) is 0 Å². The van der Waals surface area contributed by atoms with Crippen molar-refractivity contribution in [1.29, 1.82) is 0 Å². The van der Waals surface area contributed by atoms with Crippen LogP contribution in [0.25, 0.3) is 0 Å². The fraction of sp³-hybridized carbons (Fsp3) is 0.250. The van der Waals surface area contributed by atoms with E-state index in [9.17, 15) is 0 Å². The zero-order valence-corrected chi connectivity index (χ0v) is 15.9. The van der Waals surface area contributed by atoms with Crippen molar-refractivity contribution in [3.63, 3.8) is 0 Å². The smallest absolute Gasteiger partial charge is 0.0168 e. The summed E-state index contributed by atoms with van der Waals surface area (Å²) in [4.78, 5) is 2.49. The molecule has 2 rings (SSSR count). The molecule has 21 heavy (non-hydrogen) atoms. The Morgan fingerprint density at radius 1 is 0.619 bits per heavy atom. The van der Waals surface area contributed by atoms with Gasteiger partial charge in [-0.3, -0.25) is 0 Å². The maximum Gasteiger partial charge on any atom is 0.0168 e. The Morgan fingerprint density at radius 3 is 1.38 bits per heavy atom. The van der Waals surface area contributed by atoms with E-state index < -0.39 is 0 Å².